The van der Waals surface area contributed by atoms with Gasteiger partial charge >= 0.3 is 6.04 Å². The molecule has 6 heteroatoms. The first-order valence-electron chi connectivity index (χ1n) is 4.54. The zero-order chi connectivity index (χ0) is 11.1. The maximum absolute atomic E-state index is 12.7. The molecule has 1 aromatic carbocycles. The van der Waals surface area contributed by atoms with Crippen molar-refractivity contribution in [3.05, 3.63) is 30.4 Å². The predicted molar refractivity (Wildman–Crippen MR) is 54.6 cm³/mol. The van der Waals surface area contributed by atoms with Crippen molar-refractivity contribution in [2.24, 2.45) is 0 Å². The largest absolute Gasteiger partial charge is 0.350 e. The lowest BCUT2D eigenvalue weighted by molar-refractivity contribution is 0.0832. The fourth-order valence-corrected chi connectivity index (χ4v) is 1.68. The van der Waals surface area contributed by atoms with Crippen LogP contribution in [0.5, 0.6) is 0 Å². The number of aromatic amines is 1. The number of fused-ring (bicyclic) bond motifs is 3. The summed E-state index contributed by atoms with van der Waals surface area (Å²) in [4.78, 5) is 18.6. The van der Waals surface area contributed by atoms with Gasteiger partial charge in [0, 0.05) is 17.0 Å². The first-order chi connectivity index (χ1) is 7.77. The summed E-state index contributed by atoms with van der Waals surface area (Å²) in [5.41, 5.74) is 0.924. The van der Waals surface area contributed by atoms with E-state index in [-0.39, 0.29) is 5.69 Å². The smallest absolute Gasteiger partial charge is 0.271 e. The van der Waals surface area contributed by atoms with Crippen LogP contribution in [-0.2, 0) is 0 Å². The van der Waals surface area contributed by atoms with E-state index in [1.807, 2.05) is 0 Å². The number of aromatic nitrogens is 4. The molecule has 0 aliphatic carbocycles. The van der Waals surface area contributed by atoms with E-state index in [4.69, 9.17) is 0 Å². The van der Waals surface area contributed by atoms with Gasteiger partial charge in [-0.1, -0.05) is 6.07 Å². The number of halogens is 1. The minimum atomic E-state index is -1.53. The summed E-state index contributed by atoms with van der Waals surface area (Å²) < 4.78 is 12.7. The molecule has 0 aliphatic heterocycles. The molecule has 3 aromatic rings. The number of nitrogens with one attached hydrogen (secondary N) is 1. The number of rotatable bonds is 1. The van der Waals surface area contributed by atoms with Crippen molar-refractivity contribution < 1.29 is 9.18 Å². The Morgan fingerprint density at radius 1 is 1.31 bits per heavy atom. The summed E-state index contributed by atoms with van der Waals surface area (Å²) in [5, 5.41) is 7.48. The Bertz CT molecular complexity index is 706. The predicted octanol–water partition coefficient (Wildman–Crippen LogP) is 1.62. The molecule has 0 aliphatic rings. The van der Waals surface area contributed by atoms with E-state index in [1.165, 1.54) is 6.33 Å². The second-order valence-electron chi connectivity index (χ2n) is 3.29. The molecule has 0 atom stereocenters. The Kier molecular flexibility index (Phi) is 1.70. The Balaban J connectivity index is 2.49. The van der Waals surface area contributed by atoms with E-state index in [1.54, 1.807) is 18.3 Å². The van der Waals surface area contributed by atoms with Crippen LogP contribution in [0, 0.1) is 0 Å². The minimum absolute atomic E-state index is 0.143. The third kappa shape index (κ3) is 1.10. The number of carbonyl (C=O) groups excluding carboxylic acids is 1. The van der Waals surface area contributed by atoms with Gasteiger partial charge in [0.25, 0.3) is 0 Å². The summed E-state index contributed by atoms with van der Waals surface area (Å²) in [6.45, 7) is 0. The number of hydrogen-bond acceptors (Lipinski definition) is 4. The van der Waals surface area contributed by atoms with Crippen molar-refractivity contribution in [2.75, 3.05) is 0 Å². The minimum Gasteiger partial charge on any atom is -0.271 e. The van der Waals surface area contributed by atoms with Gasteiger partial charge in [-0.2, -0.15) is 9.49 Å². The molecule has 16 heavy (non-hydrogen) atoms. The van der Waals surface area contributed by atoms with Crippen molar-refractivity contribution >= 4 is 27.8 Å². The van der Waals surface area contributed by atoms with Crippen molar-refractivity contribution in [1.29, 1.82) is 0 Å². The van der Waals surface area contributed by atoms with Crippen LogP contribution in [0.25, 0.3) is 21.8 Å². The molecule has 1 N–H and O–H groups in total. The molecule has 5 nitrogen and oxygen atoms in total. The second-order valence-corrected chi connectivity index (χ2v) is 3.29. The highest BCUT2D eigenvalue weighted by atomic mass is 19.1. The summed E-state index contributed by atoms with van der Waals surface area (Å²) in [7, 11) is 0. The normalized spacial score (nSPS) is 11.1. The van der Waals surface area contributed by atoms with Crippen LogP contribution in [0.15, 0.2) is 24.7 Å². The monoisotopic (exact) mass is 216 g/mol. The first-order valence-corrected chi connectivity index (χ1v) is 4.54. The molecular weight excluding hydrogens is 211 g/mol. The Morgan fingerprint density at radius 3 is 3.00 bits per heavy atom. The number of nitrogens with zero attached hydrogens (tertiary/aromatic N) is 3. The van der Waals surface area contributed by atoms with Gasteiger partial charge in [0.1, 0.15) is 23.1 Å². The van der Waals surface area contributed by atoms with E-state index in [2.05, 4.69) is 20.2 Å². The molecule has 0 radical (unpaired) electrons. The van der Waals surface area contributed by atoms with Gasteiger partial charge < -0.3 is 0 Å². The van der Waals surface area contributed by atoms with Crippen LogP contribution >= 0.6 is 0 Å². The molecule has 0 spiro atoms. The van der Waals surface area contributed by atoms with Crippen LogP contribution < -0.4 is 0 Å². The highest BCUT2D eigenvalue weighted by Crippen LogP contribution is 2.23. The molecular formula is C10H5FN4O. The summed E-state index contributed by atoms with van der Waals surface area (Å²) >= 11 is 0. The standard InChI is InChI=1S/C10H5FN4O/c11-10(16)9-6-2-1-5-3-12-4-13-7(5)8(6)14-15-9/h1-4H,(H,14,15). The molecule has 0 saturated heterocycles. The molecule has 2 aromatic heterocycles. The zero-order valence-electron chi connectivity index (χ0n) is 7.94. The van der Waals surface area contributed by atoms with E-state index in [0.717, 1.165) is 5.39 Å². The van der Waals surface area contributed by atoms with Gasteiger partial charge in [-0.05, 0) is 6.07 Å². The molecule has 0 unspecified atom stereocenters. The molecule has 0 saturated carbocycles. The van der Waals surface area contributed by atoms with Crippen LogP contribution in [-0.4, -0.2) is 26.2 Å². The van der Waals surface area contributed by atoms with Crippen LogP contribution in [0.1, 0.15) is 10.5 Å². The first kappa shape index (κ1) is 8.90. The highest BCUT2D eigenvalue weighted by molar-refractivity contribution is 6.09. The lowest BCUT2D eigenvalue weighted by Gasteiger charge is -1.95. The third-order valence-corrected chi connectivity index (χ3v) is 2.39. The number of hydrogen-bond donors (Lipinski definition) is 1. The van der Waals surface area contributed by atoms with Crippen molar-refractivity contribution in [2.45, 2.75) is 0 Å². The number of carbonyl (C=O) groups is 1. The lowest BCUT2D eigenvalue weighted by Crippen LogP contribution is -1.90. The van der Waals surface area contributed by atoms with Gasteiger partial charge in [0.15, 0.2) is 0 Å². The van der Waals surface area contributed by atoms with Gasteiger partial charge in [-0.15, -0.1) is 0 Å². The van der Waals surface area contributed by atoms with E-state index >= 15 is 0 Å². The Hall–Kier alpha value is -2.37. The van der Waals surface area contributed by atoms with Crippen molar-refractivity contribution in [3.63, 3.8) is 0 Å². The van der Waals surface area contributed by atoms with Crippen LogP contribution in [0.3, 0.4) is 0 Å². The van der Waals surface area contributed by atoms with Gasteiger partial charge in [-0.25, -0.2) is 9.97 Å². The van der Waals surface area contributed by atoms with Crippen molar-refractivity contribution in [1.82, 2.24) is 20.2 Å². The average molecular weight is 216 g/mol. The third-order valence-electron chi connectivity index (χ3n) is 2.39. The lowest BCUT2D eigenvalue weighted by atomic mass is 10.1. The van der Waals surface area contributed by atoms with E-state index in [9.17, 15) is 9.18 Å². The second kappa shape index (κ2) is 3.06. The van der Waals surface area contributed by atoms with Crippen LogP contribution in [0.2, 0.25) is 0 Å². The number of benzene rings is 1. The quantitative estimate of drug-likeness (QED) is 0.627. The van der Waals surface area contributed by atoms with Crippen LogP contribution in [0.4, 0.5) is 4.39 Å². The summed E-state index contributed by atoms with van der Waals surface area (Å²) in [6.07, 6.45) is 3.01. The van der Waals surface area contributed by atoms with E-state index in [0.29, 0.717) is 16.4 Å². The molecule has 2 heterocycles. The highest BCUT2D eigenvalue weighted by Gasteiger charge is 2.14. The number of H-pyrrole nitrogens is 1. The fraction of sp³-hybridized carbons (Fsp3) is 0. The maximum Gasteiger partial charge on any atom is 0.350 e. The van der Waals surface area contributed by atoms with Gasteiger partial charge in [-0.3, -0.25) is 9.89 Å². The SMILES string of the molecule is O=C(F)c1[nH]nc2c1ccc1cncnc12. The molecule has 3 rings (SSSR count). The van der Waals surface area contributed by atoms with E-state index < -0.39 is 6.04 Å². The molecule has 78 valence electrons. The van der Waals surface area contributed by atoms with Gasteiger partial charge in [0.2, 0.25) is 0 Å². The Morgan fingerprint density at radius 2 is 2.19 bits per heavy atom. The fourth-order valence-electron chi connectivity index (χ4n) is 1.68. The van der Waals surface area contributed by atoms with Crippen molar-refractivity contribution in [3.8, 4) is 0 Å². The topological polar surface area (TPSA) is 71.5 Å². The average Bonchev–Trinajstić information content (AvgIpc) is 2.73. The molecule has 0 amide bonds. The van der Waals surface area contributed by atoms with Gasteiger partial charge in [0.05, 0.1) is 0 Å². The molecule has 0 bridgehead atoms. The summed E-state index contributed by atoms with van der Waals surface area (Å²) in [5.74, 6) is 0. The Labute approximate surface area is 88.3 Å². The summed E-state index contributed by atoms with van der Waals surface area (Å²) in [6, 6.07) is 1.81. The maximum atomic E-state index is 12.7. The molecule has 0 fully saturated rings. The zero-order valence-corrected chi connectivity index (χ0v) is 7.94.